The molecule has 0 heterocycles. The first kappa shape index (κ1) is 12.1. The fraction of sp³-hybridized carbons (Fsp3) is 0.500. The highest BCUT2D eigenvalue weighted by molar-refractivity contribution is 5.26. The lowest BCUT2D eigenvalue weighted by molar-refractivity contribution is 0.184. The summed E-state index contributed by atoms with van der Waals surface area (Å²) >= 11 is 0. The van der Waals surface area contributed by atoms with Crippen LogP contribution in [0.5, 0.6) is 0 Å². The Hall–Kier alpha value is -0.930. The normalized spacial score (nSPS) is 12.8. The topological polar surface area (TPSA) is 21.3 Å². The third kappa shape index (κ3) is 3.29. The number of hydrogen-bond acceptors (Lipinski definition) is 2. The number of rotatable bonds is 5. The van der Waals surface area contributed by atoms with E-state index in [0.29, 0.717) is 12.2 Å². The van der Waals surface area contributed by atoms with E-state index >= 15 is 0 Å². The molecule has 3 heteroatoms. The molecule has 0 aliphatic rings. The van der Waals surface area contributed by atoms with E-state index in [-0.39, 0.29) is 11.9 Å². The molecule has 0 aliphatic carbocycles. The smallest absolute Gasteiger partial charge is 0.126 e. The van der Waals surface area contributed by atoms with Gasteiger partial charge in [-0.3, -0.25) is 0 Å². The molecule has 15 heavy (non-hydrogen) atoms. The zero-order chi connectivity index (χ0) is 11.3. The van der Waals surface area contributed by atoms with Crippen molar-refractivity contribution in [1.29, 1.82) is 0 Å². The Morgan fingerprint density at radius 1 is 1.47 bits per heavy atom. The van der Waals surface area contributed by atoms with Gasteiger partial charge < -0.3 is 10.1 Å². The Balaban J connectivity index is 2.78. The van der Waals surface area contributed by atoms with Gasteiger partial charge in [-0.05, 0) is 37.6 Å². The van der Waals surface area contributed by atoms with Crippen molar-refractivity contribution in [2.75, 3.05) is 20.8 Å². The summed E-state index contributed by atoms with van der Waals surface area (Å²) in [6.07, 6.45) is 0.887. The van der Waals surface area contributed by atoms with Crippen LogP contribution in [0.2, 0.25) is 0 Å². The summed E-state index contributed by atoms with van der Waals surface area (Å²) in [6, 6.07) is 5.44. The molecule has 0 radical (unpaired) electrons. The maximum Gasteiger partial charge on any atom is 0.126 e. The number of halogens is 1. The van der Waals surface area contributed by atoms with Crippen LogP contribution < -0.4 is 5.32 Å². The molecule has 1 N–H and O–H groups in total. The van der Waals surface area contributed by atoms with Gasteiger partial charge in [-0.2, -0.15) is 0 Å². The highest BCUT2D eigenvalue weighted by Crippen LogP contribution is 2.19. The van der Waals surface area contributed by atoms with E-state index in [1.165, 1.54) is 6.07 Å². The van der Waals surface area contributed by atoms with Gasteiger partial charge in [0.2, 0.25) is 0 Å². The second-order valence-electron chi connectivity index (χ2n) is 3.63. The van der Waals surface area contributed by atoms with Crippen molar-refractivity contribution in [1.82, 2.24) is 5.32 Å². The van der Waals surface area contributed by atoms with Crippen LogP contribution in [0.1, 0.15) is 23.6 Å². The number of nitrogens with one attached hydrogen (secondary N) is 1. The maximum absolute atomic E-state index is 13.1. The molecule has 84 valence electrons. The lowest BCUT2D eigenvalue weighted by Gasteiger charge is -2.16. The molecule has 0 saturated heterocycles. The molecule has 1 unspecified atom stereocenters. The van der Waals surface area contributed by atoms with Crippen LogP contribution in [0.25, 0.3) is 0 Å². The first-order chi connectivity index (χ1) is 7.19. The molecule has 0 aromatic heterocycles. The van der Waals surface area contributed by atoms with Crippen molar-refractivity contribution in [2.24, 2.45) is 0 Å². The van der Waals surface area contributed by atoms with Crippen molar-refractivity contribution >= 4 is 0 Å². The zero-order valence-corrected chi connectivity index (χ0v) is 9.51. The number of benzene rings is 1. The largest absolute Gasteiger partial charge is 0.385 e. The first-order valence-corrected chi connectivity index (χ1v) is 5.11. The van der Waals surface area contributed by atoms with Crippen LogP contribution in [-0.4, -0.2) is 20.8 Å². The van der Waals surface area contributed by atoms with E-state index in [1.54, 1.807) is 14.0 Å². The van der Waals surface area contributed by atoms with Crippen LogP contribution in [0.3, 0.4) is 0 Å². The van der Waals surface area contributed by atoms with Crippen molar-refractivity contribution in [3.63, 3.8) is 0 Å². The molecule has 0 aliphatic heterocycles. The van der Waals surface area contributed by atoms with Crippen LogP contribution >= 0.6 is 0 Å². The molecular formula is C12H18FNO. The molecule has 1 aromatic carbocycles. The molecule has 0 spiro atoms. The highest BCUT2D eigenvalue weighted by atomic mass is 19.1. The van der Waals surface area contributed by atoms with Gasteiger partial charge in [0.1, 0.15) is 5.82 Å². The standard InChI is InChI=1S/C12H18FNO/c1-9-8-10(4-5-11(9)13)12(14-2)6-7-15-3/h4-5,8,12,14H,6-7H2,1-3H3. The van der Waals surface area contributed by atoms with Gasteiger partial charge in [0.25, 0.3) is 0 Å². The van der Waals surface area contributed by atoms with Crippen LogP contribution in [0, 0.1) is 12.7 Å². The van der Waals surface area contributed by atoms with Gasteiger partial charge in [-0.15, -0.1) is 0 Å². The van der Waals surface area contributed by atoms with Crippen LogP contribution in [-0.2, 0) is 4.74 Å². The third-order valence-corrected chi connectivity index (χ3v) is 2.54. The summed E-state index contributed by atoms with van der Waals surface area (Å²) in [4.78, 5) is 0. The second kappa shape index (κ2) is 5.83. The maximum atomic E-state index is 13.1. The fourth-order valence-corrected chi connectivity index (χ4v) is 1.60. The average Bonchev–Trinajstić information content (AvgIpc) is 2.24. The Morgan fingerprint density at radius 2 is 2.20 bits per heavy atom. The van der Waals surface area contributed by atoms with Gasteiger partial charge in [0, 0.05) is 19.8 Å². The minimum Gasteiger partial charge on any atom is -0.385 e. The van der Waals surface area contributed by atoms with Crippen molar-refractivity contribution in [3.05, 3.63) is 35.1 Å². The molecule has 0 bridgehead atoms. The summed E-state index contributed by atoms with van der Waals surface area (Å²) in [5.74, 6) is -0.152. The number of aryl methyl sites for hydroxylation is 1. The van der Waals surface area contributed by atoms with Crippen molar-refractivity contribution in [2.45, 2.75) is 19.4 Å². The lowest BCUT2D eigenvalue weighted by Crippen LogP contribution is -2.18. The summed E-state index contributed by atoms with van der Waals surface area (Å²) in [7, 11) is 3.58. The predicted molar refractivity (Wildman–Crippen MR) is 59.4 cm³/mol. The van der Waals surface area contributed by atoms with Gasteiger partial charge >= 0.3 is 0 Å². The minimum atomic E-state index is -0.152. The number of ether oxygens (including phenoxy) is 1. The van der Waals surface area contributed by atoms with E-state index in [0.717, 1.165) is 12.0 Å². The molecule has 1 atom stereocenters. The molecule has 2 nitrogen and oxygen atoms in total. The SMILES string of the molecule is CNC(CCOC)c1ccc(F)c(C)c1. The Bertz CT molecular complexity index is 314. The van der Waals surface area contributed by atoms with Crippen molar-refractivity contribution in [3.8, 4) is 0 Å². The van der Waals surface area contributed by atoms with Gasteiger partial charge in [-0.25, -0.2) is 4.39 Å². The quantitative estimate of drug-likeness (QED) is 0.807. The zero-order valence-electron chi connectivity index (χ0n) is 9.51. The molecule has 0 fully saturated rings. The Kier molecular flexibility index (Phi) is 4.72. The second-order valence-corrected chi connectivity index (χ2v) is 3.63. The van der Waals surface area contributed by atoms with Crippen LogP contribution in [0.15, 0.2) is 18.2 Å². The fourth-order valence-electron chi connectivity index (χ4n) is 1.60. The average molecular weight is 211 g/mol. The van der Waals surface area contributed by atoms with Crippen molar-refractivity contribution < 1.29 is 9.13 Å². The minimum absolute atomic E-state index is 0.152. The molecule has 0 amide bonds. The summed E-state index contributed by atoms with van der Waals surface area (Å²) in [5, 5.41) is 3.20. The van der Waals surface area contributed by atoms with Crippen LogP contribution in [0.4, 0.5) is 4.39 Å². The summed E-state index contributed by atoms with van der Waals surface area (Å²) in [6.45, 7) is 2.48. The van der Waals surface area contributed by atoms with E-state index in [9.17, 15) is 4.39 Å². The van der Waals surface area contributed by atoms with Gasteiger partial charge in [0.15, 0.2) is 0 Å². The molecule has 0 saturated carbocycles. The Labute approximate surface area is 90.4 Å². The molecule has 1 rings (SSSR count). The van der Waals surface area contributed by atoms with Gasteiger partial charge in [0.05, 0.1) is 0 Å². The number of methoxy groups -OCH3 is 1. The molecule has 1 aromatic rings. The Morgan fingerprint density at radius 3 is 2.73 bits per heavy atom. The van der Waals surface area contributed by atoms with E-state index < -0.39 is 0 Å². The van der Waals surface area contributed by atoms with Gasteiger partial charge in [-0.1, -0.05) is 12.1 Å². The predicted octanol–water partition coefficient (Wildman–Crippen LogP) is 2.43. The summed E-state index contributed by atoms with van der Waals surface area (Å²) in [5.41, 5.74) is 1.79. The number of hydrogen-bond donors (Lipinski definition) is 1. The first-order valence-electron chi connectivity index (χ1n) is 5.11. The van der Waals surface area contributed by atoms with E-state index in [2.05, 4.69) is 5.32 Å². The highest BCUT2D eigenvalue weighted by Gasteiger charge is 2.09. The molecular weight excluding hydrogens is 193 g/mol. The van der Waals surface area contributed by atoms with E-state index in [4.69, 9.17) is 4.74 Å². The third-order valence-electron chi connectivity index (χ3n) is 2.54. The monoisotopic (exact) mass is 211 g/mol. The summed E-state index contributed by atoms with van der Waals surface area (Å²) < 4.78 is 18.1. The lowest BCUT2D eigenvalue weighted by atomic mass is 10.0. The van der Waals surface area contributed by atoms with E-state index in [1.807, 2.05) is 19.2 Å².